The van der Waals surface area contributed by atoms with Gasteiger partial charge in [-0.15, -0.1) is 0 Å². The highest BCUT2D eigenvalue weighted by atomic mass is 16.5. The first-order valence-electron chi connectivity index (χ1n) is 11.0. The summed E-state index contributed by atoms with van der Waals surface area (Å²) < 4.78 is 10.6. The Bertz CT molecular complexity index is 1210. The Kier molecular flexibility index (Phi) is 7.87. The van der Waals surface area contributed by atoms with Crippen molar-refractivity contribution in [3.05, 3.63) is 69.6 Å². The predicted molar refractivity (Wildman–Crippen MR) is 128 cm³/mol. The van der Waals surface area contributed by atoms with Crippen LogP contribution in [0.4, 0.5) is 5.69 Å². The lowest BCUT2D eigenvalue weighted by atomic mass is 10.0. The number of fused-ring (bicyclic) bond motifs is 1. The van der Waals surface area contributed by atoms with Crippen LogP contribution in [-0.2, 0) is 22.6 Å². The first-order valence-corrected chi connectivity index (χ1v) is 11.0. The van der Waals surface area contributed by atoms with Crippen molar-refractivity contribution in [2.75, 3.05) is 12.4 Å². The van der Waals surface area contributed by atoms with Crippen LogP contribution in [0.5, 0.6) is 5.75 Å². The fourth-order valence-corrected chi connectivity index (χ4v) is 3.66. The van der Waals surface area contributed by atoms with Crippen LogP contribution in [0.3, 0.4) is 0 Å². The highest BCUT2D eigenvalue weighted by Crippen LogP contribution is 2.24. The molecule has 0 saturated heterocycles. The number of amides is 2. The number of anilines is 1. The zero-order valence-corrected chi connectivity index (χ0v) is 19.5. The van der Waals surface area contributed by atoms with Crippen LogP contribution >= 0.6 is 0 Å². The van der Waals surface area contributed by atoms with E-state index in [4.69, 9.17) is 9.15 Å². The van der Waals surface area contributed by atoms with E-state index in [9.17, 15) is 14.4 Å². The van der Waals surface area contributed by atoms with E-state index in [0.717, 1.165) is 16.5 Å². The van der Waals surface area contributed by atoms with Gasteiger partial charge in [0, 0.05) is 42.1 Å². The normalized spacial score (nSPS) is 10.9. The van der Waals surface area contributed by atoms with Gasteiger partial charge in [-0.3, -0.25) is 9.59 Å². The largest absolute Gasteiger partial charge is 0.497 e. The number of hydrogen-bond donors (Lipinski definition) is 2. The minimum Gasteiger partial charge on any atom is -0.497 e. The Morgan fingerprint density at radius 2 is 1.88 bits per heavy atom. The van der Waals surface area contributed by atoms with E-state index in [2.05, 4.69) is 10.6 Å². The van der Waals surface area contributed by atoms with Crippen molar-refractivity contribution in [3.63, 3.8) is 0 Å². The van der Waals surface area contributed by atoms with Gasteiger partial charge in [-0.25, -0.2) is 4.79 Å². The summed E-state index contributed by atoms with van der Waals surface area (Å²) in [7, 11) is 1.55. The molecule has 7 heteroatoms. The quantitative estimate of drug-likeness (QED) is 0.473. The molecule has 0 radical (unpaired) electrons. The standard InChI is InChI=1S/C26H30N2O5/c1-16(2)12-25(30)28-19-7-5-6-18(13-19)15-27-24(29)11-10-22-17(3)21-9-8-20(32-4)14-23(21)33-26(22)31/h5-9,13-14,16H,10-12,15H2,1-4H3,(H,27,29)(H,28,30). The lowest BCUT2D eigenvalue weighted by Gasteiger charge is -2.11. The van der Waals surface area contributed by atoms with E-state index in [1.807, 2.05) is 57.2 Å². The minimum absolute atomic E-state index is 0.0331. The van der Waals surface area contributed by atoms with Gasteiger partial charge in [0.25, 0.3) is 0 Å². The maximum atomic E-state index is 12.5. The van der Waals surface area contributed by atoms with Crippen LogP contribution in [0.25, 0.3) is 11.0 Å². The Hall–Kier alpha value is -3.61. The number of rotatable bonds is 9. The van der Waals surface area contributed by atoms with E-state index in [-0.39, 0.29) is 30.6 Å². The second-order valence-corrected chi connectivity index (χ2v) is 8.48. The van der Waals surface area contributed by atoms with Gasteiger partial charge < -0.3 is 19.8 Å². The number of carbonyl (C=O) groups is 2. The Morgan fingerprint density at radius 3 is 2.61 bits per heavy atom. The molecule has 0 aliphatic heterocycles. The van der Waals surface area contributed by atoms with E-state index < -0.39 is 5.63 Å². The summed E-state index contributed by atoms with van der Waals surface area (Å²) in [6.45, 7) is 6.17. The van der Waals surface area contributed by atoms with Gasteiger partial charge in [-0.1, -0.05) is 26.0 Å². The molecule has 2 amide bonds. The second kappa shape index (κ2) is 10.8. The Labute approximate surface area is 193 Å². The summed E-state index contributed by atoms with van der Waals surface area (Å²) in [6, 6.07) is 12.7. The summed E-state index contributed by atoms with van der Waals surface area (Å²) in [5.74, 6) is 0.691. The maximum absolute atomic E-state index is 12.5. The SMILES string of the molecule is COc1ccc2c(C)c(CCC(=O)NCc3cccc(NC(=O)CC(C)C)c3)c(=O)oc2c1. The van der Waals surface area contributed by atoms with E-state index >= 15 is 0 Å². The molecule has 2 N–H and O–H groups in total. The molecule has 0 spiro atoms. The average Bonchev–Trinajstić information content (AvgIpc) is 2.76. The van der Waals surface area contributed by atoms with Crippen molar-refractivity contribution >= 4 is 28.5 Å². The van der Waals surface area contributed by atoms with Crippen molar-refractivity contribution in [3.8, 4) is 5.75 Å². The maximum Gasteiger partial charge on any atom is 0.339 e. The summed E-state index contributed by atoms with van der Waals surface area (Å²) in [5.41, 5.74) is 2.91. The molecule has 1 aromatic heterocycles. The summed E-state index contributed by atoms with van der Waals surface area (Å²) in [4.78, 5) is 36.8. The van der Waals surface area contributed by atoms with Gasteiger partial charge in [0.15, 0.2) is 0 Å². The molecule has 2 aromatic carbocycles. The van der Waals surface area contributed by atoms with Gasteiger partial charge in [0.2, 0.25) is 11.8 Å². The van der Waals surface area contributed by atoms with Crippen LogP contribution in [-0.4, -0.2) is 18.9 Å². The lowest BCUT2D eigenvalue weighted by Crippen LogP contribution is -2.24. The molecule has 0 fully saturated rings. The minimum atomic E-state index is -0.439. The van der Waals surface area contributed by atoms with Gasteiger partial charge in [-0.2, -0.15) is 0 Å². The van der Waals surface area contributed by atoms with Crippen LogP contribution in [0.2, 0.25) is 0 Å². The number of ether oxygens (including phenoxy) is 1. The van der Waals surface area contributed by atoms with Crippen molar-refractivity contribution in [2.45, 2.75) is 46.6 Å². The lowest BCUT2D eigenvalue weighted by molar-refractivity contribution is -0.121. The third kappa shape index (κ3) is 6.44. The first kappa shape index (κ1) is 24.0. The van der Waals surface area contributed by atoms with Gasteiger partial charge in [0.05, 0.1) is 7.11 Å². The third-order valence-electron chi connectivity index (χ3n) is 5.39. The van der Waals surface area contributed by atoms with Gasteiger partial charge in [-0.05, 0) is 54.7 Å². The highest BCUT2D eigenvalue weighted by Gasteiger charge is 2.14. The smallest absolute Gasteiger partial charge is 0.339 e. The first-order chi connectivity index (χ1) is 15.8. The van der Waals surface area contributed by atoms with Crippen LogP contribution in [0.1, 0.15) is 43.4 Å². The molecule has 174 valence electrons. The van der Waals surface area contributed by atoms with Crippen LogP contribution in [0.15, 0.2) is 51.7 Å². The zero-order chi connectivity index (χ0) is 24.0. The second-order valence-electron chi connectivity index (χ2n) is 8.48. The van der Waals surface area contributed by atoms with Crippen molar-refractivity contribution in [2.24, 2.45) is 5.92 Å². The number of hydrogen-bond acceptors (Lipinski definition) is 5. The topological polar surface area (TPSA) is 97.6 Å². The Balaban J connectivity index is 1.59. The average molecular weight is 451 g/mol. The third-order valence-corrected chi connectivity index (χ3v) is 5.39. The molecular formula is C26H30N2O5. The molecule has 3 aromatic rings. The number of carbonyl (C=O) groups excluding carboxylic acids is 2. The molecule has 0 atom stereocenters. The van der Waals surface area contributed by atoms with Crippen molar-refractivity contribution in [1.82, 2.24) is 5.32 Å². The van der Waals surface area contributed by atoms with Crippen LogP contribution in [0, 0.1) is 12.8 Å². The monoisotopic (exact) mass is 450 g/mol. The van der Waals surface area contributed by atoms with Gasteiger partial charge >= 0.3 is 5.63 Å². The van der Waals surface area contributed by atoms with Crippen LogP contribution < -0.4 is 21.0 Å². The molecule has 33 heavy (non-hydrogen) atoms. The molecule has 0 saturated carbocycles. The number of nitrogens with one attached hydrogen (secondary N) is 2. The molecule has 0 aliphatic rings. The number of benzene rings is 2. The molecule has 0 bridgehead atoms. The molecule has 1 heterocycles. The molecule has 0 aliphatic carbocycles. The molecular weight excluding hydrogens is 420 g/mol. The fourth-order valence-electron chi connectivity index (χ4n) is 3.66. The van der Waals surface area contributed by atoms with Crippen molar-refractivity contribution < 1.29 is 18.7 Å². The van der Waals surface area contributed by atoms with Gasteiger partial charge in [0.1, 0.15) is 11.3 Å². The highest BCUT2D eigenvalue weighted by molar-refractivity contribution is 5.90. The number of aryl methyl sites for hydroxylation is 1. The summed E-state index contributed by atoms with van der Waals surface area (Å²) in [6.07, 6.45) is 0.905. The molecule has 3 rings (SSSR count). The van der Waals surface area contributed by atoms with E-state index in [1.165, 1.54) is 0 Å². The zero-order valence-electron chi connectivity index (χ0n) is 19.5. The summed E-state index contributed by atoms with van der Waals surface area (Å²) in [5, 5.41) is 6.57. The molecule has 7 nitrogen and oxygen atoms in total. The molecule has 0 unspecified atom stereocenters. The summed E-state index contributed by atoms with van der Waals surface area (Å²) >= 11 is 0. The van der Waals surface area contributed by atoms with E-state index in [1.54, 1.807) is 13.2 Å². The van der Waals surface area contributed by atoms with E-state index in [0.29, 0.717) is 35.5 Å². The van der Waals surface area contributed by atoms with Crippen molar-refractivity contribution in [1.29, 1.82) is 0 Å². The Morgan fingerprint density at radius 1 is 1.09 bits per heavy atom. The number of methoxy groups -OCH3 is 1. The fraction of sp³-hybridized carbons (Fsp3) is 0.346. The predicted octanol–water partition coefficient (Wildman–Crippen LogP) is 4.34.